The van der Waals surface area contributed by atoms with Crippen LogP contribution in [0.2, 0.25) is 0 Å². The van der Waals surface area contributed by atoms with Crippen LogP contribution in [0.4, 0.5) is 0 Å². The smallest absolute Gasteiger partial charge is 0.261 e. The second-order valence-corrected chi connectivity index (χ2v) is 5.37. The van der Waals surface area contributed by atoms with Gasteiger partial charge < -0.3 is 5.32 Å². The van der Waals surface area contributed by atoms with Gasteiger partial charge in [-0.05, 0) is 35.4 Å². The van der Waals surface area contributed by atoms with Crippen molar-refractivity contribution in [3.63, 3.8) is 0 Å². The van der Waals surface area contributed by atoms with Crippen LogP contribution in [-0.4, -0.2) is 12.5 Å². The molecule has 0 saturated heterocycles. The van der Waals surface area contributed by atoms with Gasteiger partial charge in [0.25, 0.3) is 5.91 Å². The number of rotatable bonds is 4. The van der Waals surface area contributed by atoms with Crippen molar-refractivity contribution in [1.29, 1.82) is 0 Å². The summed E-state index contributed by atoms with van der Waals surface area (Å²) in [6.07, 6.45) is 0. The lowest BCUT2D eigenvalue weighted by Crippen LogP contribution is -2.27. The van der Waals surface area contributed by atoms with E-state index in [2.05, 4.69) is 24.4 Å². The highest BCUT2D eigenvalue weighted by atomic mass is 32.1. The van der Waals surface area contributed by atoms with Gasteiger partial charge in [-0.25, -0.2) is 0 Å². The van der Waals surface area contributed by atoms with E-state index in [1.54, 1.807) is 0 Å². The van der Waals surface area contributed by atoms with Crippen LogP contribution in [0.3, 0.4) is 0 Å². The number of amides is 1. The van der Waals surface area contributed by atoms with Crippen molar-refractivity contribution in [3.8, 4) is 0 Å². The van der Waals surface area contributed by atoms with Crippen molar-refractivity contribution in [1.82, 2.24) is 5.32 Å². The van der Waals surface area contributed by atoms with Gasteiger partial charge in [0.2, 0.25) is 0 Å². The summed E-state index contributed by atoms with van der Waals surface area (Å²) in [5.74, 6) is 0.362. The molecule has 2 aromatic rings. The van der Waals surface area contributed by atoms with Crippen LogP contribution >= 0.6 is 11.3 Å². The summed E-state index contributed by atoms with van der Waals surface area (Å²) in [5, 5.41) is 4.94. The zero-order valence-corrected chi connectivity index (χ0v) is 11.5. The Morgan fingerprint density at radius 1 is 1.28 bits per heavy atom. The molecule has 1 atom stereocenters. The van der Waals surface area contributed by atoms with Crippen LogP contribution in [0, 0.1) is 6.92 Å². The van der Waals surface area contributed by atoms with Crippen LogP contribution in [-0.2, 0) is 0 Å². The van der Waals surface area contributed by atoms with E-state index in [0.29, 0.717) is 12.5 Å². The van der Waals surface area contributed by atoms with E-state index >= 15 is 0 Å². The summed E-state index contributed by atoms with van der Waals surface area (Å²) >= 11 is 1.49. The fraction of sp³-hybridized carbons (Fsp3) is 0.267. The summed E-state index contributed by atoms with van der Waals surface area (Å²) in [7, 11) is 0. The molecular formula is C15H17NOS. The maximum absolute atomic E-state index is 12.0. The number of aryl methyl sites for hydroxylation is 1. The predicted molar refractivity (Wildman–Crippen MR) is 76.2 cm³/mol. The molecule has 18 heavy (non-hydrogen) atoms. The quantitative estimate of drug-likeness (QED) is 0.893. The summed E-state index contributed by atoms with van der Waals surface area (Å²) < 4.78 is 0. The SMILES string of the molecule is Cc1ccsc1C(=O)NCC(C)c1ccccc1. The predicted octanol–water partition coefficient (Wildman–Crippen LogP) is 3.59. The van der Waals surface area contributed by atoms with Crippen molar-refractivity contribution in [3.05, 3.63) is 57.8 Å². The molecule has 2 nitrogen and oxygen atoms in total. The Kier molecular flexibility index (Phi) is 4.15. The molecule has 0 aliphatic carbocycles. The van der Waals surface area contributed by atoms with Crippen LogP contribution in [0.15, 0.2) is 41.8 Å². The summed E-state index contributed by atoms with van der Waals surface area (Å²) in [4.78, 5) is 12.8. The van der Waals surface area contributed by atoms with Gasteiger partial charge >= 0.3 is 0 Å². The molecule has 2 rings (SSSR count). The Hall–Kier alpha value is -1.61. The Labute approximate surface area is 112 Å². The largest absolute Gasteiger partial charge is 0.351 e. The van der Waals surface area contributed by atoms with Crippen LogP contribution in [0.1, 0.15) is 33.6 Å². The minimum atomic E-state index is 0.0327. The standard InChI is InChI=1S/C15H17NOS/c1-11-8-9-18-14(11)15(17)16-10-12(2)13-6-4-3-5-7-13/h3-9,12H,10H2,1-2H3,(H,16,17). The zero-order chi connectivity index (χ0) is 13.0. The molecule has 1 amide bonds. The van der Waals surface area contributed by atoms with E-state index in [1.165, 1.54) is 16.9 Å². The third-order valence-electron chi connectivity index (χ3n) is 3.01. The number of carbonyl (C=O) groups is 1. The fourth-order valence-corrected chi connectivity index (χ4v) is 2.67. The van der Waals surface area contributed by atoms with Crippen molar-refractivity contribution in [2.24, 2.45) is 0 Å². The topological polar surface area (TPSA) is 29.1 Å². The normalized spacial score (nSPS) is 12.1. The van der Waals surface area contributed by atoms with E-state index in [0.717, 1.165) is 10.4 Å². The zero-order valence-electron chi connectivity index (χ0n) is 10.6. The van der Waals surface area contributed by atoms with Gasteiger partial charge in [-0.15, -0.1) is 11.3 Å². The maximum Gasteiger partial charge on any atom is 0.261 e. The molecule has 0 radical (unpaired) electrons. The van der Waals surface area contributed by atoms with E-state index in [1.807, 2.05) is 36.6 Å². The van der Waals surface area contributed by atoms with Gasteiger partial charge in [0.05, 0.1) is 4.88 Å². The molecular weight excluding hydrogens is 242 g/mol. The van der Waals surface area contributed by atoms with Crippen molar-refractivity contribution in [2.45, 2.75) is 19.8 Å². The summed E-state index contributed by atoms with van der Waals surface area (Å²) in [5.41, 5.74) is 2.30. The summed E-state index contributed by atoms with van der Waals surface area (Å²) in [6.45, 7) is 4.75. The molecule has 94 valence electrons. The van der Waals surface area contributed by atoms with E-state index < -0.39 is 0 Å². The number of benzene rings is 1. The lowest BCUT2D eigenvalue weighted by atomic mass is 10.0. The third kappa shape index (κ3) is 2.99. The highest BCUT2D eigenvalue weighted by Gasteiger charge is 2.12. The molecule has 1 aromatic heterocycles. The first kappa shape index (κ1) is 12.8. The van der Waals surface area contributed by atoms with Crippen LogP contribution in [0.25, 0.3) is 0 Å². The molecule has 0 spiro atoms. The first-order chi connectivity index (χ1) is 8.68. The van der Waals surface area contributed by atoms with Gasteiger partial charge in [0.15, 0.2) is 0 Å². The van der Waals surface area contributed by atoms with Crippen molar-refractivity contribution in [2.75, 3.05) is 6.54 Å². The average Bonchev–Trinajstić information content (AvgIpc) is 2.83. The highest BCUT2D eigenvalue weighted by molar-refractivity contribution is 7.12. The second-order valence-electron chi connectivity index (χ2n) is 4.45. The van der Waals surface area contributed by atoms with Crippen molar-refractivity contribution < 1.29 is 4.79 Å². The molecule has 0 bridgehead atoms. The lowest BCUT2D eigenvalue weighted by Gasteiger charge is -2.12. The number of carbonyl (C=O) groups excluding carboxylic acids is 1. The molecule has 1 heterocycles. The van der Waals surface area contributed by atoms with Crippen LogP contribution < -0.4 is 5.32 Å². The molecule has 0 aliphatic heterocycles. The van der Waals surface area contributed by atoms with Gasteiger partial charge in [0, 0.05) is 6.54 Å². The average molecular weight is 259 g/mol. The second kappa shape index (κ2) is 5.83. The van der Waals surface area contributed by atoms with Gasteiger partial charge in [-0.2, -0.15) is 0 Å². The van der Waals surface area contributed by atoms with Crippen LogP contribution in [0.5, 0.6) is 0 Å². The Morgan fingerprint density at radius 2 is 2.00 bits per heavy atom. The first-order valence-corrected chi connectivity index (χ1v) is 6.93. The monoisotopic (exact) mass is 259 g/mol. The maximum atomic E-state index is 12.0. The highest BCUT2D eigenvalue weighted by Crippen LogP contribution is 2.16. The molecule has 1 N–H and O–H groups in total. The molecule has 1 unspecified atom stereocenters. The molecule has 0 fully saturated rings. The Morgan fingerprint density at radius 3 is 2.61 bits per heavy atom. The number of hydrogen-bond acceptors (Lipinski definition) is 2. The number of thiophene rings is 1. The summed E-state index contributed by atoms with van der Waals surface area (Å²) in [6, 6.07) is 12.2. The van der Waals surface area contributed by atoms with Gasteiger partial charge in [-0.3, -0.25) is 4.79 Å². The molecule has 1 aromatic carbocycles. The molecule has 0 aliphatic rings. The van der Waals surface area contributed by atoms with Crippen molar-refractivity contribution >= 4 is 17.2 Å². The fourth-order valence-electron chi connectivity index (χ4n) is 1.83. The minimum Gasteiger partial charge on any atom is -0.351 e. The third-order valence-corrected chi connectivity index (χ3v) is 4.02. The minimum absolute atomic E-state index is 0.0327. The molecule has 0 saturated carbocycles. The Bertz CT molecular complexity index is 518. The van der Waals surface area contributed by atoms with Gasteiger partial charge in [0.1, 0.15) is 0 Å². The van der Waals surface area contributed by atoms with E-state index in [-0.39, 0.29) is 5.91 Å². The number of nitrogens with one attached hydrogen (secondary N) is 1. The van der Waals surface area contributed by atoms with E-state index in [4.69, 9.17) is 0 Å². The first-order valence-electron chi connectivity index (χ1n) is 6.05. The molecule has 3 heteroatoms. The lowest BCUT2D eigenvalue weighted by molar-refractivity contribution is 0.0955. The number of hydrogen-bond donors (Lipinski definition) is 1. The van der Waals surface area contributed by atoms with Gasteiger partial charge in [-0.1, -0.05) is 37.3 Å². The van der Waals surface area contributed by atoms with E-state index in [9.17, 15) is 4.79 Å². The Balaban J connectivity index is 1.93.